The van der Waals surface area contributed by atoms with E-state index in [1.54, 1.807) is 0 Å². The normalized spacial score (nSPS) is 11.8. The predicted molar refractivity (Wildman–Crippen MR) is 74.5 cm³/mol. The summed E-state index contributed by atoms with van der Waals surface area (Å²) in [5.74, 6) is 6.65. The van der Waals surface area contributed by atoms with E-state index in [1.807, 2.05) is 18.2 Å². The Morgan fingerprint density at radius 1 is 0.778 bits per heavy atom. The van der Waals surface area contributed by atoms with Crippen LogP contribution in [0, 0.1) is 11.8 Å². The molecule has 0 bridgehead atoms. The quantitative estimate of drug-likeness (QED) is 0.376. The van der Waals surface area contributed by atoms with Crippen LogP contribution in [0.5, 0.6) is 0 Å². The maximum Gasteiger partial charge on any atom is 0.411 e. The van der Waals surface area contributed by atoms with E-state index >= 15 is 0 Å². The SMILES string of the molecule is C[NH+](C)C(C#Cc1ccccc1)([NH+](C)C)[NH+](C)C. The Bertz CT molecular complexity index is 402. The maximum absolute atomic E-state index is 3.49. The second kappa shape index (κ2) is 6.01. The third-order valence-corrected chi connectivity index (χ3v) is 3.42. The molecule has 0 heterocycles. The van der Waals surface area contributed by atoms with Crippen molar-refractivity contribution >= 4 is 0 Å². The molecule has 3 heteroatoms. The molecule has 0 atom stereocenters. The highest BCUT2D eigenvalue weighted by Gasteiger charge is 2.48. The molecule has 18 heavy (non-hydrogen) atoms. The zero-order valence-corrected chi connectivity index (χ0v) is 12.4. The summed E-state index contributed by atoms with van der Waals surface area (Å²) < 4.78 is 0. The van der Waals surface area contributed by atoms with E-state index in [2.05, 4.69) is 66.3 Å². The van der Waals surface area contributed by atoms with E-state index in [4.69, 9.17) is 0 Å². The molecule has 0 radical (unpaired) electrons. The molecule has 1 rings (SSSR count). The largest absolute Gasteiger partial charge is 0.411 e. The summed E-state index contributed by atoms with van der Waals surface area (Å²) in [5, 5.41) is 0. The van der Waals surface area contributed by atoms with Gasteiger partial charge in [-0.3, -0.25) is 0 Å². The Labute approximate surface area is 111 Å². The molecule has 0 amide bonds. The lowest BCUT2D eigenvalue weighted by atomic mass is 10.2. The zero-order chi connectivity index (χ0) is 13.8. The maximum atomic E-state index is 3.49. The molecule has 0 saturated heterocycles. The van der Waals surface area contributed by atoms with Crippen LogP contribution in [0.2, 0.25) is 0 Å². The third kappa shape index (κ3) is 2.91. The molecular formula is C15H26N3+3. The smallest absolute Gasteiger partial charge is 0.226 e. The van der Waals surface area contributed by atoms with E-state index in [0.717, 1.165) is 5.56 Å². The highest BCUT2D eigenvalue weighted by Crippen LogP contribution is 1.94. The van der Waals surface area contributed by atoms with Crippen molar-refractivity contribution in [1.29, 1.82) is 0 Å². The zero-order valence-electron chi connectivity index (χ0n) is 12.4. The summed E-state index contributed by atoms with van der Waals surface area (Å²) in [4.78, 5) is 4.02. The fraction of sp³-hybridized carbons (Fsp3) is 0.467. The van der Waals surface area contributed by atoms with Crippen molar-refractivity contribution in [1.82, 2.24) is 0 Å². The van der Waals surface area contributed by atoms with Gasteiger partial charge in [-0.2, -0.15) is 0 Å². The van der Waals surface area contributed by atoms with Gasteiger partial charge in [0.25, 0.3) is 0 Å². The highest BCUT2D eigenvalue weighted by molar-refractivity contribution is 5.34. The fourth-order valence-corrected chi connectivity index (χ4v) is 2.56. The molecule has 0 aromatic heterocycles. The minimum Gasteiger partial charge on any atom is -0.226 e. The van der Waals surface area contributed by atoms with Crippen LogP contribution in [0.15, 0.2) is 30.3 Å². The van der Waals surface area contributed by atoms with Crippen LogP contribution < -0.4 is 14.7 Å². The molecule has 0 spiro atoms. The molecule has 3 N–H and O–H groups in total. The van der Waals surface area contributed by atoms with Gasteiger partial charge in [0.15, 0.2) is 0 Å². The lowest BCUT2D eigenvalue weighted by Crippen LogP contribution is -3.54. The number of rotatable bonds is 3. The summed E-state index contributed by atoms with van der Waals surface area (Å²) >= 11 is 0. The number of hydrogen-bond donors (Lipinski definition) is 3. The van der Waals surface area contributed by atoms with Gasteiger partial charge in [0.2, 0.25) is 0 Å². The van der Waals surface area contributed by atoms with Crippen molar-refractivity contribution < 1.29 is 14.7 Å². The Kier molecular flexibility index (Phi) is 4.92. The highest BCUT2D eigenvalue weighted by atomic mass is 15.5. The van der Waals surface area contributed by atoms with Gasteiger partial charge in [-0.25, -0.2) is 14.7 Å². The molecule has 0 aliphatic carbocycles. The molecule has 1 aromatic carbocycles. The number of nitrogens with one attached hydrogen (secondary N) is 3. The summed E-state index contributed by atoms with van der Waals surface area (Å²) in [5.41, 5.74) is 1.07. The number of benzene rings is 1. The lowest BCUT2D eigenvalue weighted by Gasteiger charge is -2.35. The number of quaternary nitrogens is 3. The van der Waals surface area contributed by atoms with E-state index in [-0.39, 0.29) is 5.79 Å². The molecule has 0 aliphatic heterocycles. The summed E-state index contributed by atoms with van der Waals surface area (Å²) in [6, 6.07) is 10.2. The molecule has 98 valence electrons. The van der Waals surface area contributed by atoms with Crippen LogP contribution in [0.3, 0.4) is 0 Å². The average Bonchev–Trinajstić information content (AvgIpc) is 2.29. The van der Waals surface area contributed by atoms with Gasteiger partial charge in [0.1, 0.15) is 5.92 Å². The second-order valence-corrected chi connectivity index (χ2v) is 5.37. The van der Waals surface area contributed by atoms with Crippen LogP contribution in [0.1, 0.15) is 5.56 Å². The van der Waals surface area contributed by atoms with Crippen LogP contribution >= 0.6 is 0 Å². The van der Waals surface area contributed by atoms with Gasteiger partial charge in [0.05, 0.1) is 42.3 Å². The Balaban J connectivity index is 3.18. The van der Waals surface area contributed by atoms with Gasteiger partial charge >= 0.3 is 5.79 Å². The first-order valence-electron chi connectivity index (χ1n) is 6.41. The van der Waals surface area contributed by atoms with Gasteiger partial charge in [0, 0.05) is 5.56 Å². The molecule has 1 aromatic rings. The van der Waals surface area contributed by atoms with Crippen molar-refractivity contribution in [2.24, 2.45) is 0 Å². The van der Waals surface area contributed by atoms with Gasteiger partial charge in [-0.1, -0.05) is 18.2 Å². The van der Waals surface area contributed by atoms with Crippen LogP contribution in [-0.4, -0.2) is 48.1 Å². The minimum atomic E-state index is -0.157. The monoisotopic (exact) mass is 248 g/mol. The van der Waals surface area contributed by atoms with Gasteiger partial charge in [-0.15, -0.1) is 0 Å². The van der Waals surface area contributed by atoms with Crippen molar-refractivity contribution in [3.05, 3.63) is 35.9 Å². The topological polar surface area (TPSA) is 13.3 Å². The van der Waals surface area contributed by atoms with Crippen molar-refractivity contribution in [2.75, 3.05) is 42.3 Å². The molecule has 3 nitrogen and oxygen atoms in total. The van der Waals surface area contributed by atoms with Crippen LogP contribution in [0.25, 0.3) is 0 Å². The first kappa shape index (κ1) is 14.7. The lowest BCUT2D eigenvalue weighted by molar-refractivity contribution is -1.28. The summed E-state index contributed by atoms with van der Waals surface area (Å²) in [7, 11) is 13.0. The first-order chi connectivity index (χ1) is 8.41. The van der Waals surface area contributed by atoms with Crippen molar-refractivity contribution in [3.63, 3.8) is 0 Å². The van der Waals surface area contributed by atoms with E-state index in [9.17, 15) is 0 Å². The molecule has 0 fully saturated rings. The fourth-order valence-electron chi connectivity index (χ4n) is 2.56. The van der Waals surface area contributed by atoms with Crippen LogP contribution in [0.4, 0.5) is 0 Å². The van der Waals surface area contributed by atoms with Crippen molar-refractivity contribution in [2.45, 2.75) is 5.79 Å². The van der Waals surface area contributed by atoms with Crippen LogP contribution in [-0.2, 0) is 0 Å². The summed E-state index contributed by atoms with van der Waals surface area (Å²) in [6.45, 7) is 0. The molecule has 0 aliphatic rings. The average molecular weight is 248 g/mol. The van der Waals surface area contributed by atoms with E-state index < -0.39 is 0 Å². The van der Waals surface area contributed by atoms with E-state index in [0.29, 0.717) is 0 Å². The Morgan fingerprint density at radius 2 is 1.22 bits per heavy atom. The first-order valence-corrected chi connectivity index (χ1v) is 6.41. The Morgan fingerprint density at radius 3 is 1.61 bits per heavy atom. The minimum absolute atomic E-state index is 0.157. The van der Waals surface area contributed by atoms with Crippen molar-refractivity contribution in [3.8, 4) is 11.8 Å². The Hall–Kier alpha value is -1.34. The summed E-state index contributed by atoms with van der Waals surface area (Å²) in [6.07, 6.45) is 0. The number of hydrogen-bond acceptors (Lipinski definition) is 0. The van der Waals surface area contributed by atoms with E-state index in [1.165, 1.54) is 14.7 Å². The second-order valence-electron chi connectivity index (χ2n) is 5.37. The molecule has 0 saturated carbocycles. The van der Waals surface area contributed by atoms with Gasteiger partial charge in [-0.05, 0) is 18.1 Å². The standard InChI is InChI=1S/C15H23N3/c1-16(2)15(17(3)4,18(5)6)13-12-14-10-8-7-9-11-14/h7-11H,1-6H3/p+3. The van der Waals surface area contributed by atoms with Gasteiger partial charge < -0.3 is 0 Å². The molecular weight excluding hydrogens is 222 g/mol. The predicted octanol–water partition coefficient (Wildman–Crippen LogP) is -2.87. The third-order valence-electron chi connectivity index (χ3n) is 3.42. The molecule has 0 unspecified atom stereocenters.